The number of aliphatic carboxylic acids is 1. The van der Waals surface area contributed by atoms with Crippen molar-refractivity contribution in [1.82, 2.24) is 14.7 Å². The maximum absolute atomic E-state index is 14.2. The lowest BCUT2D eigenvalue weighted by molar-refractivity contribution is -0.148. The number of para-hydroxylation sites is 2. The van der Waals surface area contributed by atoms with Crippen LogP contribution in [-0.2, 0) is 11.3 Å². The molecule has 0 unspecified atom stereocenters. The van der Waals surface area contributed by atoms with Gasteiger partial charge in [0.25, 0.3) is 0 Å². The van der Waals surface area contributed by atoms with Crippen molar-refractivity contribution in [2.24, 2.45) is 0 Å². The summed E-state index contributed by atoms with van der Waals surface area (Å²) >= 11 is 6.00. The lowest BCUT2D eigenvalue weighted by atomic mass is 9.86. The summed E-state index contributed by atoms with van der Waals surface area (Å²) in [5, 5.41) is 11.0. The Labute approximate surface area is 233 Å². The lowest BCUT2D eigenvalue weighted by Crippen LogP contribution is -2.72. The minimum absolute atomic E-state index is 0.142. The molecule has 2 heterocycles. The Balaban J connectivity index is 1.44. The number of piperidine rings is 1. The van der Waals surface area contributed by atoms with E-state index in [0.717, 1.165) is 12.0 Å². The number of carboxylic acid groups (broad SMARTS) is 1. The molecule has 0 aromatic heterocycles. The maximum atomic E-state index is 14.2. The van der Waals surface area contributed by atoms with Crippen LogP contribution in [0.5, 0.6) is 0 Å². The van der Waals surface area contributed by atoms with E-state index >= 15 is 0 Å². The number of piperazine rings is 1. The van der Waals surface area contributed by atoms with E-state index in [1.807, 2.05) is 72.8 Å². The van der Waals surface area contributed by atoms with Crippen molar-refractivity contribution in [3.05, 3.63) is 95.5 Å². The summed E-state index contributed by atoms with van der Waals surface area (Å²) in [6, 6.07) is 23.0. The molecule has 2 aliphatic rings. The summed E-state index contributed by atoms with van der Waals surface area (Å²) < 4.78 is 0. The minimum atomic E-state index is -1.17. The predicted molar refractivity (Wildman–Crippen MR) is 150 cm³/mol. The van der Waals surface area contributed by atoms with Crippen LogP contribution in [-0.4, -0.2) is 69.6 Å². The van der Waals surface area contributed by atoms with Crippen LogP contribution < -0.4 is 4.90 Å². The first kappa shape index (κ1) is 26.6. The number of rotatable bonds is 5. The van der Waals surface area contributed by atoms with Crippen molar-refractivity contribution in [3.63, 3.8) is 0 Å². The Kier molecular flexibility index (Phi) is 7.74. The minimum Gasteiger partial charge on any atom is -0.480 e. The van der Waals surface area contributed by atoms with Crippen molar-refractivity contribution in [2.45, 2.75) is 43.9 Å². The summed E-state index contributed by atoms with van der Waals surface area (Å²) in [6.07, 6.45) is 2.01. The lowest BCUT2D eigenvalue weighted by Gasteiger charge is -2.54. The number of carbonyl (C=O) groups is 3. The van der Waals surface area contributed by atoms with E-state index < -0.39 is 24.1 Å². The van der Waals surface area contributed by atoms with Crippen molar-refractivity contribution in [1.29, 1.82) is 0 Å². The van der Waals surface area contributed by atoms with Gasteiger partial charge >= 0.3 is 18.0 Å². The van der Waals surface area contributed by atoms with E-state index in [9.17, 15) is 19.5 Å². The van der Waals surface area contributed by atoms with Crippen LogP contribution in [0.1, 0.15) is 24.8 Å². The third-order valence-electron chi connectivity index (χ3n) is 7.49. The van der Waals surface area contributed by atoms with E-state index in [1.165, 1.54) is 4.90 Å². The zero-order valence-electron chi connectivity index (χ0n) is 21.7. The first-order chi connectivity index (χ1) is 18.8. The highest BCUT2D eigenvalue weighted by Gasteiger charge is 2.52. The average Bonchev–Trinajstić information content (AvgIpc) is 2.94. The number of nitrogens with zero attached hydrogens (tertiary/aromatic N) is 4. The molecule has 2 fully saturated rings. The molecule has 8 nitrogen and oxygen atoms in total. The van der Waals surface area contributed by atoms with E-state index in [4.69, 9.17) is 11.6 Å². The van der Waals surface area contributed by atoms with Gasteiger partial charge in [0.05, 0.1) is 23.5 Å². The normalized spacial score (nSPS) is 20.3. The van der Waals surface area contributed by atoms with Gasteiger partial charge in [-0.1, -0.05) is 60.1 Å². The molecule has 39 heavy (non-hydrogen) atoms. The fourth-order valence-electron chi connectivity index (χ4n) is 5.72. The summed E-state index contributed by atoms with van der Waals surface area (Å²) in [6.45, 7) is 0.505. The number of carbonyl (C=O) groups excluding carboxylic acids is 2. The molecule has 5 rings (SSSR count). The zero-order chi connectivity index (χ0) is 27.5. The second kappa shape index (κ2) is 11.4. The van der Waals surface area contributed by atoms with Gasteiger partial charge in [0.1, 0.15) is 0 Å². The van der Waals surface area contributed by atoms with Gasteiger partial charge in [-0.15, -0.1) is 0 Å². The van der Waals surface area contributed by atoms with E-state index in [2.05, 4.69) is 0 Å². The van der Waals surface area contributed by atoms with Crippen molar-refractivity contribution in [3.8, 4) is 0 Å². The van der Waals surface area contributed by atoms with Crippen LogP contribution >= 0.6 is 11.6 Å². The molecular weight excluding hydrogens is 516 g/mol. The summed E-state index contributed by atoms with van der Waals surface area (Å²) in [7, 11) is 1.71. The Morgan fingerprint density at radius 2 is 1.46 bits per heavy atom. The molecule has 2 saturated heterocycles. The Hall–Kier alpha value is -4.04. The molecule has 0 saturated carbocycles. The van der Waals surface area contributed by atoms with Gasteiger partial charge in [-0.3, -0.25) is 4.90 Å². The molecule has 3 aromatic carbocycles. The quantitative estimate of drug-likeness (QED) is 0.435. The molecule has 0 radical (unpaired) electrons. The molecule has 4 amide bonds. The van der Waals surface area contributed by atoms with Crippen molar-refractivity contribution < 1.29 is 19.5 Å². The second-order valence-corrected chi connectivity index (χ2v) is 10.5. The predicted octanol–water partition coefficient (Wildman–Crippen LogP) is 5.84. The van der Waals surface area contributed by atoms with Crippen LogP contribution in [0.3, 0.4) is 0 Å². The van der Waals surface area contributed by atoms with E-state index in [0.29, 0.717) is 35.8 Å². The van der Waals surface area contributed by atoms with Crippen molar-refractivity contribution in [2.75, 3.05) is 18.5 Å². The molecule has 2 aliphatic heterocycles. The van der Waals surface area contributed by atoms with Crippen LogP contribution in [0.15, 0.2) is 84.9 Å². The van der Waals surface area contributed by atoms with Gasteiger partial charge in [-0.05, 0) is 61.2 Å². The number of carboxylic acids is 1. The monoisotopic (exact) mass is 546 g/mol. The number of halogens is 1. The van der Waals surface area contributed by atoms with Crippen LogP contribution in [0.4, 0.5) is 21.0 Å². The molecule has 3 atom stereocenters. The number of hydrogen-bond donors (Lipinski definition) is 1. The topological polar surface area (TPSA) is 84.4 Å². The number of amides is 4. The second-order valence-electron chi connectivity index (χ2n) is 10.0. The van der Waals surface area contributed by atoms with Crippen LogP contribution in [0.25, 0.3) is 0 Å². The smallest absolute Gasteiger partial charge is 0.329 e. The zero-order valence-corrected chi connectivity index (χ0v) is 22.4. The number of hydrogen-bond acceptors (Lipinski definition) is 3. The summed E-state index contributed by atoms with van der Waals surface area (Å²) in [5.74, 6) is -1.12. The Morgan fingerprint density at radius 1 is 0.872 bits per heavy atom. The summed E-state index contributed by atoms with van der Waals surface area (Å²) in [5.41, 5.74) is 2.21. The van der Waals surface area contributed by atoms with Gasteiger partial charge in [0, 0.05) is 25.2 Å². The molecular formula is C30H31ClN4O4. The highest BCUT2D eigenvalue weighted by atomic mass is 35.5. The molecule has 1 N–H and O–H groups in total. The van der Waals surface area contributed by atoms with Crippen LogP contribution in [0.2, 0.25) is 5.02 Å². The highest BCUT2D eigenvalue weighted by molar-refractivity contribution is 6.30. The largest absolute Gasteiger partial charge is 0.480 e. The van der Waals surface area contributed by atoms with E-state index in [1.54, 1.807) is 33.9 Å². The maximum Gasteiger partial charge on any atom is 0.329 e. The van der Waals surface area contributed by atoms with Gasteiger partial charge in [0.15, 0.2) is 6.04 Å². The molecule has 202 valence electrons. The molecule has 2 bridgehead atoms. The SMILES string of the molecule is CN(Cc1ccc(Cl)cc1)C(=O)N1[C@H]2CCC[C@@H]1[C@@H](C(=O)O)N(C(=O)N(c1ccccc1)c1ccccc1)C2. The van der Waals surface area contributed by atoms with Gasteiger partial charge < -0.3 is 19.8 Å². The van der Waals surface area contributed by atoms with Gasteiger partial charge in [0.2, 0.25) is 0 Å². The first-order valence-electron chi connectivity index (χ1n) is 13.1. The molecule has 0 aliphatic carbocycles. The Morgan fingerprint density at radius 3 is 2.03 bits per heavy atom. The fraction of sp³-hybridized carbons (Fsp3) is 0.300. The third-order valence-corrected chi connectivity index (χ3v) is 7.75. The number of fused-ring (bicyclic) bond motifs is 2. The van der Waals surface area contributed by atoms with E-state index in [-0.39, 0.29) is 18.6 Å². The fourth-order valence-corrected chi connectivity index (χ4v) is 5.85. The Bertz CT molecular complexity index is 1280. The standard InChI is InChI=1S/C30H31ClN4O4/c1-32(19-21-15-17-22(31)18-16-21)29(38)35-25-13-8-14-26(35)27(28(36)37)33(20-25)30(39)34(23-9-4-2-5-10-23)24-11-6-3-7-12-24/h2-7,9-12,15-18,25-27H,8,13-14,19-20H2,1H3,(H,36,37)/t25-,26+,27-/m0/s1. The number of likely N-dealkylation sites (tertiary alicyclic amines) is 1. The first-order valence-corrected chi connectivity index (χ1v) is 13.4. The van der Waals surface area contributed by atoms with Gasteiger partial charge in [-0.2, -0.15) is 0 Å². The highest BCUT2D eigenvalue weighted by Crippen LogP contribution is 2.36. The van der Waals surface area contributed by atoms with Crippen LogP contribution in [0, 0.1) is 0 Å². The number of benzene rings is 3. The summed E-state index contributed by atoms with van der Waals surface area (Å²) in [4.78, 5) is 47.0. The number of anilines is 2. The third kappa shape index (κ3) is 5.43. The average molecular weight is 547 g/mol. The van der Waals surface area contributed by atoms with Crippen molar-refractivity contribution >= 4 is 41.0 Å². The molecule has 3 aromatic rings. The van der Waals surface area contributed by atoms with Gasteiger partial charge in [-0.25, -0.2) is 14.4 Å². The molecule has 0 spiro atoms. The molecule has 9 heteroatoms. The number of urea groups is 2.